The van der Waals surface area contributed by atoms with Gasteiger partial charge in [0.15, 0.2) is 0 Å². The number of aliphatic hydroxyl groups is 1. The summed E-state index contributed by atoms with van der Waals surface area (Å²) in [6, 6.07) is 11.6. The van der Waals surface area contributed by atoms with E-state index < -0.39 is 23.9 Å². The van der Waals surface area contributed by atoms with Gasteiger partial charge in [0.1, 0.15) is 0 Å². The molecule has 0 spiro atoms. The fourth-order valence-electron chi connectivity index (χ4n) is 3.42. The van der Waals surface area contributed by atoms with Gasteiger partial charge in [0.05, 0.1) is 11.7 Å². The van der Waals surface area contributed by atoms with E-state index in [9.17, 15) is 23.1 Å². The van der Waals surface area contributed by atoms with Crippen molar-refractivity contribution in [2.45, 2.75) is 12.3 Å². The number of β-amino-alcohol motifs (C(OH)–C–C–N with tert-alkyl or cyclic N) is 1. The number of aliphatic hydroxyl groups excluding tert-OH is 1. The molecule has 1 aliphatic rings. The van der Waals surface area contributed by atoms with Gasteiger partial charge in [-0.1, -0.05) is 24.3 Å². The largest absolute Gasteiger partial charge is 0.416 e. The van der Waals surface area contributed by atoms with Crippen molar-refractivity contribution in [2.24, 2.45) is 5.73 Å². The van der Waals surface area contributed by atoms with Crippen LogP contribution in [0.25, 0.3) is 6.08 Å². The SMILES string of the molecule is NC(=O)Nc1ccc(C=C[C@@H](O)CN2CCN(c3ccc(C(F)(F)F)cc3)CC2)cc1. The van der Waals surface area contributed by atoms with Crippen molar-refractivity contribution < 1.29 is 23.1 Å². The number of nitrogens with one attached hydrogen (secondary N) is 1. The van der Waals surface area contributed by atoms with Gasteiger partial charge in [-0.15, -0.1) is 0 Å². The Morgan fingerprint density at radius 2 is 1.68 bits per heavy atom. The van der Waals surface area contributed by atoms with E-state index in [1.54, 1.807) is 36.4 Å². The lowest BCUT2D eigenvalue weighted by Crippen LogP contribution is -2.48. The first-order valence-electron chi connectivity index (χ1n) is 9.88. The normalized spacial score (nSPS) is 16.5. The Hall–Kier alpha value is -3.04. The molecule has 0 saturated carbocycles. The Morgan fingerprint density at radius 1 is 1.06 bits per heavy atom. The number of amides is 2. The Kier molecular flexibility index (Phi) is 7.19. The zero-order chi connectivity index (χ0) is 22.4. The van der Waals surface area contributed by atoms with E-state index >= 15 is 0 Å². The summed E-state index contributed by atoms with van der Waals surface area (Å²) >= 11 is 0. The number of nitrogens with zero attached hydrogens (tertiary/aromatic N) is 2. The topological polar surface area (TPSA) is 81.8 Å². The molecule has 0 aliphatic carbocycles. The Bertz CT molecular complexity index is 890. The van der Waals surface area contributed by atoms with E-state index in [0.717, 1.165) is 23.4 Å². The molecule has 1 aliphatic heterocycles. The van der Waals surface area contributed by atoms with Crippen molar-refractivity contribution in [2.75, 3.05) is 42.9 Å². The lowest BCUT2D eigenvalue weighted by Gasteiger charge is -2.36. The molecular formula is C22H25F3N4O2. The van der Waals surface area contributed by atoms with Crippen LogP contribution in [-0.2, 0) is 6.18 Å². The number of carbonyl (C=O) groups is 1. The smallest absolute Gasteiger partial charge is 0.388 e. The number of anilines is 2. The van der Waals surface area contributed by atoms with E-state index in [4.69, 9.17) is 5.73 Å². The fourth-order valence-corrected chi connectivity index (χ4v) is 3.42. The summed E-state index contributed by atoms with van der Waals surface area (Å²) < 4.78 is 38.1. The highest BCUT2D eigenvalue weighted by atomic mass is 19.4. The molecule has 2 aromatic carbocycles. The number of urea groups is 1. The molecule has 2 amide bonds. The third-order valence-electron chi connectivity index (χ3n) is 5.07. The molecule has 1 atom stereocenters. The van der Waals surface area contributed by atoms with Crippen LogP contribution in [0, 0.1) is 0 Å². The van der Waals surface area contributed by atoms with Crippen molar-refractivity contribution in [3.8, 4) is 0 Å². The number of nitrogens with two attached hydrogens (primary N) is 1. The number of rotatable bonds is 6. The number of piperazine rings is 1. The summed E-state index contributed by atoms with van der Waals surface area (Å²) in [5.74, 6) is 0. The molecule has 166 valence electrons. The minimum Gasteiger partial charge on any atom is -0.388 e. The minimum absolute atomic E-state index is 0.471. The molecular weight excluding hydrogens is 409 g/mol. The summed E-state index contributed by atoms with van der Waals surface area (Å²) in [7, 11) is 0. The first-order valence-corrected chi connectivity index (χ1v) is 9.88. The summed E-state index contributed by atoms with van der Waals surface area (Å²) in [6.45, 7) is 3.24. The summed E-state index contributed by atoms with van der Waals surface area (Å²) in [5.41, 5.74) is 6.65. The molecule has 4 N–H and O–H groups in total. The van der Waals surface area contributed by atoms with Crippen LogP contribution in [0.4, 0.5) is 29.3 Å². The van der Waals surface area contributed by atoms with Gasteiger partial charge in [0.25, 0.3) is 0 Å². The molecule has 9 heteroatoms. The molecule has 0 radical (unpaired) electrons. The Morgan fingerprint density at radius 3 is 2.23 bits per heavy atom. The van der Waals surface area contributed by atoms with Crippen LogP contribution in [0.2, 0.25) is 0 Å². The number of carbonyl (C=O) groups excluding carboxylic acids is 1. The number of primary amides is 1. The van der Waals surface area contributed by atoms with E-state index in [1.807, 2.05) is 4.90 Å². The van der Waals surface area contributed by atoms with Gasteiger partial charge in [-0.05, 0) is 42.0 Å². The van der Waals surface area contributed by atoms with Crippen molar-refractivity contribution in [1.82, 2.24) is 4.90 Å². The number of benzene rings is 2. The molecule has 1 saturated heterocycles. The molecule has 0 bridgehead atoms. The van der Waals surface area contributed by atoms with Crippen molar-refractivity contribution in [3.63, 3.8) is 0 Å². The van der Waals surface area contributed by atoms with Crippen molar-refractivity contribution >= 4 is 23.5 Å². The van der Waals surface area contributed by atoms with Crippen LogP contribution in [0.5, 0.6) is 0 Å². The highest BCUT2D eigenvalue weighted by molar-refractivity contribution is 5.87. The lowest BCUT2D eigenvalue weighted by atomic mass is 10.1. The second-order valence-electron chi connectivity index (χ2n) is 7.37. The maximum Gasteiger partial charge on any atom is 0.416 e. The van der Waals surface area contributed by atoms with Gasteiger partial charge in [0.2, 0.25) is 0 Å². The minimum atomic E-state index is -4.33. The Balaban J connectivity index is 1.46. The van der Waals surface area contributed by atoms with Gasteiger partial charge >= 0.3 is 12.2 Å². The van der Waals surface area contributed by atoms with E-state index in [1.165, 1.54) is 12.1 Å². The van der Waals surface area contributed by atoms with Crippen LogP contribution in [0.3, 0.4) is 0 Å². The Labute approximate surface area is 178 Å². The predicted octanol–water partition coefficient (Wildman–Crippen LogP) is 3.39. The molecule has 6 nitrogen and oxygen atoms in total. The van der Waals surface area contributed by atoms with Crippen molar-refractivity contribution in [3.05, 3.63) is 65.7 Å². The van der Waals surface area contributed by atoms with Gasteiger partial charge in [0, 0.05) is 44.1 Å². The maximum absolute atomic E-state index is 12.7. The van der Waals surface area contributed by atoms with Crippen molar-refractivity contribution in [1.29, 1.82) is 0 Å². The van der Waals surface area contributed by atoms with Crippen LogP contribution in [0.1, 0.15) is 11.1 Å². The second kappa shape index (κ2) is 9.84. The average Bonchev–Trinajstić information content (AvgIpc) is 2.73. The van der Waals surface area contributed by atoms with Crippen LogP contribution >= 0.6 is 0 Å². The van der Waals surface area contributed by atoms with E-state index in [0.29, 0.717) is 38.4 Å². The van der Waals surface area contributed by atoms with Crippen LogP contribution < -0.4 is 16.0 Å². The zero-order valence-electron chi connectivity index (χ0n) is 16.8. The second-order valence-corrected chi connectivity index (χ2v) is 7.37. The molecule has 1 heterocycles. The maximum atomic E-state index is 12.7. The lowest BCUT2D eigenvalue weighted by molar-refractivity contribution is -0.137. The predicted molar refractivity (Wildman–Crippen MR) is 115 cm³/mol. The van der Waals surface area contributed by atoms with Gasteiger partial charge < -0.3 is 21.1 Å². The standard InChI is InChI=1S/C22H25F3N4O2/c23-22(24,25)17-4-8-19(9-5-17)29-13-11-28(12-14-29)15-20(30)10-3-16-1-6-18(7-2-16)27-21(26)31/h1-10,20,30H,11-15H2,(H3,26,27,31)/t20-/m1/s1. The number of alkyl halides is 3. The third kappa shape index (κ3) is 6.73. The number of hydrogen-bond acceptors (Lipinski definition) is 4. The zero-order valence-corrected chi connectivity index (χ0v) is 16.8. The van der Waals surface area contributed by atoms with Gasteiger partial charge in [-0.25, -0.2) is 4.79 Å². The first kappa shape index (κ1) is 22.6. The quantitative estimate of drug-likeness (QED) is 0.651. The summed E-state index contributed by atoms with van der Waals surface area (Å²) in [6.07, 6.45) is -1.47. The molecule has 2 aromatic rings. The molecule has 31 heavy (non-hydrogen) atoms. The van der Waals surface area contributed by atoms with Crippen LogP contribution in [-0.4, -0.2) is 54.9 Å². The number of halogens is 3. The number of hydrogen-bond donors (Lipinski definition) is 3. The monoisotopic (exact) mass is 434 g/mol. The van der Waals surface area contributed by atoms with Gasteiger partial charge in [-0.2, -0.15) is 13.2 Å². The molecule has 0 aromatic heterocycles. The molecule has 1 fully saturated rings. The first-order chi connectivity index (χ1) is 14.7. The fraction of sp³-hybridized carbons (Fsp3) is 0.318. The average molecular weight is 434 g/mol. The van der Waals surface area contributed by atoms with Crippen LogP contribution in [0.15, 0.2) is 54.6 Å². The highest BCUT2D eigenvalue weighted by Crippen LogP contribution is 2.30. The molecule has 3 rings (SSSR count). The van der Waals surface area contributed by atoms with Gasteiger partial charge in [-0.3, -0.25) is 4.90 Å². The summed E-state index contributed by atoms with van der Waals surface area (Å²) in [4.78, 5) is 15.0. The van der Waals surface area contributed by atoms with E-state index in [-0.39, 0.29) is 0 Å². The third-order valence-corrected chi connectivity index (χ3v) is 5.07. The van der Waals surface area contributed by atoms with E-state index in [2.05, 4.69) is 10.2 Å². The molecule has 0 unspecified atom stereocenters. The summed E-state index contributed by atoms with van der Waals surface area (Å²) in [5, 5.41) is 12.8. The highest BCUT2D eigenvalue weighted by Gasteiger charge is 2.30.